The van der Waals surface area contributed by atoms with Gasteiger partial charge in [0.05, 0.1) is 17.6 Å². The summed E-state index contributed by atoms with van der Waals surface area (Å²) in [6.07, 6.45) is 0.384. The minimum Gasteiger partial charge on any atom is -0.387 e. The summed E-state index contributed by atoms with van der Waals surface area (Å²) in [5.41, 5.74) is -0.303. The van der Waals surface area contributed by atoms with E-state index in [0.29, 0.717) is 19.6 Å². The quantitative estimate of drug-likeness (QED) is 0.872. The molecule has 1 aliphatic rings. The second-order valence-electron chi connectivity index (χ2n) is 5.64. The summed E-state index contributed by atoms with van der Waals surface area (Å²) in [6, 6.07) is 3.54. The highest BCUT2D eigenvalue weighted by molar-refractivity contribution is 5.78. The van der Waals surface area contributed by atoms with E-state index in [4.69, 9.17) is 0 Å². The zero-order chi connectivity index (χ0) is 16.1. The standard InChI is InChI=1S/C16H22F2N2O2/c1-2-19-16(22)11-5-4-8-20(9-11)10-14(21)15-12(17)6-3-7-13(15)18/h3,6-7,11,14,21H,2,4-5,8-10H2,1H3,(H,19,22). The van der Waals surface area contributed by atoms with Gasteiger partial charge in [-0.2, -0.15) is 0 Å². The predicted molar refractivity (Wildman–Crippen MR) is 79.2 cm³/mol. The van der Waals surface area contributed by atoms with E-state index in [9.17, 15) is 18.7 Å². The van der Waals surface area contributed by atoms with Crippen molar-refractivity contribution in [2.45, 2.75) is 25.9 Å². The number of nitrogens with zero attached hydrogens (tertiary/aromatic N) is 1. The van der Waals surface area contributed by atoms with Crippen LogP contribution in [0.15, 0.2) is 18.2 Å². The minimum atomic E-state index is -1.24. The van der Waals surface area contributed by atoms with E-state index in [2.05, 4.69) is 5.32 Å². The summed E-state index contributed by atoms with van der Waals surface area (Å²) in [5, 5.41) is 12.9. The minimum absolute atomic E-state index is 0.00115. The van der Waals surface area contributed by atoms with Crippen LogP contribution >= 0.6 is 0 Å². The third-order valence-corrected chi connectivity index (χ3v) is 3.99. The smallest absolute Gasteiger partial charge is 0.224 e. The molecule has 122 valence electrons. The summed E-state index contributed by atoms with van der Waals surface area (Å²) >= 11 is 0. The monoisotopic (exact) mass is 312 g/mol. The third-order valence-electron chi connectivity index (χ3n) is 3.99. The lowest BCUT2D eigenvalue weighted by Gasteiger charge is -2.33. The number of aliphatic hydroxyl groups excluding tert-OH is 1. The second-order valence-corrected chi connectivity index (χ2v) is 5.64. The average molecular weight is 312 g/mol. The van der Waals surface area contributed by atoms with Gasteiger partial charge in [-0.05, 0) is 38.4 Å². The fourth-order valence-corrected chi connectivity index (χ4v) is 2.92. The first-order valence-electron chi connectivity index (χ1n) is 7.65. The number of halogens is 2. The van der Waals surface area contributed by atoms with E-state index < -0.39 is 17.7 Å². The molecule has 1 heterocycles. The van der Waals surface area contributed by atoms with Crippen molar-refractivity contribution < 1.29 is 18.7 Å². The first-order valence-corrected chi connectivity index (χ1v) is 7.65. The number of hydrogen-bond donors (Lipinski definition) is 2. The van der Waals surface area contributed by atoms with Crippen LogP contribution in [0, 0.1) is 17.6 Å². The van der Waals surface area contributed by atoms with Crippen LogP contribution in [0.5, 0.6) is 0 Å². The molecule has 0 bridgehead atoms. The molecule has 0 saturated carbocycles. The number of nitrogens with one attached hydrogen (secondary N) is 1. The number of likely N-dealkylation sites (tertiary alicyclic amines) is 1. The molecule has 2 atom stereocenters. The maximum absolute atomic E-state index is 13.7. The highest BCUT2D eigenvalue weighted by Crippen LogP contribution is 2.24. The maximum atomic E-state index is 13.7. The normalized spacial score (nSPS) is 20.6. The van der Waals surface area contributed by atoms with Crippen molar-refractivity contribution in [1.82, 2.24) is 10.2 Å². The van der Waals surface area contributed by atoms with Gasteiger partial charge >= 0.3 is 0 Å². The van der Waals surface area contributed by atoms with Gasteiger partial charge in [-0.25, -0.2) is 8.78 Å². The van der Waals surface area contributed by atoms with Crippen LogP contribution in [0.4, 0.5) is 8.78 Å². The summed E-state index contributed by atoms with van der Waals surface area (Å²) < 4.78 is 27.4. The lowest BCUT2D eigenvalue weighted by atomic mass is 9.96. The predicted octanol–water partition coefficient (Wildman–Crippen LogP) is 1.85. The summed E-state index contributed by atoms with van der Waals surface area (Å²) in [7, 11) is 0. The zero-order valence-corrected chi connectivity index (χ0v) is 12.7. The number of carbonyl (C=O) groups excluding carboxylic acids is 1. The first-order chi connectivity index (χ1) is 10.5. The average Bonchev–Trinajstić information content (AvgIpc) is 2.47. The van der Waals surface area contributed by atoms with Crippen LogP contribution < -0.4 is 5.32 Å². The second kappa shape index (κ2) is 7.65. The van der Waals surface area contributed by atoms with Crippen LogP contribution in [-0.2, 0) is 4.79 Å². The molecule has 2 rings (SSSR count). The molecule has 0 aromatic heterocycles. The topological polar surface area (TPSA) is 52.6 Å². The molecule has 4 nitrogen and oxygen atoms in total. The molecule has 2 N–H and O–H groups in total. The lowest BCUT2D eigenvalue weighted by molar-refractivity contribution is -0.126. The Bertz CT molecular complexity index is 505. The molecule has 22 heavy (non-hydrogen) atoms. The fraction of sp³-hybridized carbons (Fsp3) is 0.562. The Kier molecular flexibility index (Phi) is 5.85. The van der Waals surface area contributed by atoms with Crippen molar-refractivity contribution in [2.24, 2.45) is 5.92 Å². The molecule has 6 heteroatoms. The number of aliphatic hydroxyl groups is 1. The lowest BCUT2D eigenvalue weighted by Crippen LogP contribution is -2.44. The van der Waals surface area contributed by atoms with Gasteiger partial charge in [-0.3, -0.25) is 9.69 Å². The molecule has 1 amide bonds. The molecule has 1 aliphatic heterocycles. The maximum Gasteiger partial charge on any atom is 0.224 e. The van der Waals surface area contributed by atoms with Crippen LogP contribution in [-0.4, -0.2) is 42.1 Å². The molecular formula is C16H22F2N2O2. The number of hydrogen-bond acceptors (Lipinski definition) is 3. The van der Waals surface area contributed by atoms with Crippen molar-refractivity contribution >= 4 is 5.91 Å². The highest BCUT2D eigenvalue weighted by atomic mass is 19.1. The van der Waals surface area contributed by atoms with Crippen LogP contribution in [0.1, 0.15) is 31.4 Å². The van der Waals surface area contributed by atoms with E-state index in [0.717, 1.165) is 25.0 Å². The number of rotatable bonds is 5. The molecular weight excluding hydrogens is 290 g/mol. The SMILES string of the molecule is CCNC(=O)C1CCCN(CC(O)c2c(F)cccc2F)C1. The zero-order valence-electron chi connectivity index (χ0n) is 12.7. The Hall–Kier alpha value is -1.53. The third kappa shape index (κ3) is 4.01. The van der Waals surface area contributed by atoms with Gasteiger partial charge in [-0.1, -0.05) is 6.07 Å². The van der Waals surface area contributed by atoms with Crippen LogP contribution in [0.3, 0.4) is 0 Å². The molecule has 0 aliphatic carbocycles. The summed E-state index contributed by atoms with van der Waals surface area (Å²) in [5.74, 6) is -1.63. The molecule has 1 fully saturated rings. The Morgan fingerprint density at radius 2 is 2.14 bits per heavy atom. The molecule has 1 aromatic carbocycles. The van der Waals surface area contributed by atoms with Gasteiger partial charge in [0.25, 0.3) is 0 Å². The number of amides is 1. The first kappa shape index (κ1) is 16.8. The van der Waals surface area contributed by atoms with Gasteiger partial charge in [0, 0.05) is 19.6 Å². The fourth-order valence-electron chi connectivity index (χ4n) is 2.92. The number of β-amino-alcohol motifs (C(OH)–C–C–N with tert-alkyl or cyclic N) is 1. The number of carbonyl (C=O) groups is 1. The van der Waals surface area contributed by atoms with Gasteiger partial charge in [0.15, 0.2) is 0 Å². The van der Waals surface area contributed by atoms with Crippen molar-refractivity contribution in [3.63, 3.8) is 0 Å². The van der Waals surface area contributed by atoms with Gasteiger partial charge in [-0.15, -0.1) is 0 Å². The Morgan fingerprint density at radius 3 is 2.77 bits per heavy atom. The van der Waals surface area contributed by atoms with Crippen LogP contribution in [0.25, 0.3) is 0 Å². The summed E-state index contributed by atoms with van der Waals surface area (Å²) in [6.45, 7) is 3.78. The van der Waals surface area contributed by atoms with E-state index >= 15 is 0 Å². The van der Waals surface area contributed by atoms with Gasteiger partial charge in [0.2, 0.25) is 5.91 Å². The van der Waals surface area contributed by atoms with E-state index in [1.165, 1.54) is 6.07 Å². The molecule has 2 unspecified atom stereocenters. The molecule has 1 aromatic rings. The van der Waals surface area contributed by atoms with Crippen LogP contribution in [0.2, 0.25) is 0 Å². The largest absolute Gasteiger partial charge is 0.387 e. The summed E-state index contributed by atoms with van der Waals surface area (Å²) in [4.78, 5) is 13.8. The highest BCUT2D eigenvalue weighted by Gasteiger charge is 2.28. The van der Waals surface area contributed by atoms with Crippen molar-refractivity contribution in [1.29, 1.82) is 0 Å². The van der Waals surface area contributed by atoms with Crippen molar-refractivity contribution in [2.75, 3.05) is 26.2 Å². The molecule has 0 radical (unpaired) electrons. The van der Waals surface area contributed by atoms with Crippen molar-refractivity contribution in [3.05, 3.63) is 35.4 Å². The Balaban J connectivity index is 1.99. The molecule has 0 spiro atoms. The van der Waals surface area contributed by atoms with E-state index in [-0.39, 0.29) is 23.9 Å². The van der Waals surface area contributed by atoms with E-state index in [1.54, 1.807) is 0 Å². The Labute approximate surface area is 129 Å². The van der Waals surface area contributed by atoms with Gasteiger partial charge in [0.1, 0.15) is 11.6 Å². The number of benzene rings is 1. The Morgan fingerprint density at radius 1 is 1.45 bits per heavy atom. The number of piperidine rings is 1. The molecule has 1 saturated heterocycles. The van der Waals surface area contributed by atoms with Crippen molar-refractivity contribution in [3.8, 4) is 0 Å². The van der Waals surface area contributed by atoms with Gasteiger partial charge < -0.3 is 10.4 Å². The van der Waals surface area contributed by atoms with E-state index in [1.807, 2.05) is 11.8 Å².